The van der Waals surface area contributed by atoms with Crippen LogP contribution < -0.4 is 5.32 Å². The molecular formula is C20H22FN2O3S2-. The summed E-state index contributed by atoms with van der Waals surface area (Å²) in [7, 11) is -1.86. The summed E-state index contributed by atoms with van der Waals surface area (Å²) in [4.78, 5) is 12.5. The molecule has 1 aromatic heterocycles. The molecule has 0 bridgehead atoms. The summed E-state index contributed by atoms with van der Waals surface area (Å²) >= 11 is 1.19. The van der Waals surface area contributed by atoms with Gasteiger partial charge in [0.1, 0.15) is 5.82 Å². The number of anilines is 1. The number of nitrogens with one attached hydrogen (secondary N) is 1. The zero-order valence-corrected chi connectivity index (χ0v) is 17.4. The maximum absolute atomic E-state index is 14.7. The number of carbonyl (C=O) groups is 1. The normalized spacial score (nSPS) is 16.9. The van der Waals surface area contributed by atoms with Gasteiger partial charge in [-0.1, -0.05) is 6.07 Å². The third-order valence-electron chi connectivity index (χ3n) is 5.42. The van der Waals surface area contributed by atoms with Crippen LogP contribution in [0, 0.1) is 5.82 Å². The van der Waals surface area contributed by atoms with Gasteiger partial charge in [-0.25, -0.2) is 9.18 Å². The van der Waals surface area contributed by atoms with E-state index in [0.29, 0.717) is 39.4 Å². The molecule has 0 saturated heterocycles. The van der Waals surface area contributed by atoms with Crippen LogP contribution in [0.25, 0.3) is 0 Å². The Morgan fingerprint density at radius 3 is 2.29 bits per heavy atom. The molecule has 1 heterocycles. The lowest BCUT2D eigenvalue weighted by atomic mass is 9.98. The van der Waals surface area contributed by atoms with Gasteiger partial charge in [0.2, 0.25) is 0 Å². The Labute approximate surface area is 169 Å². The summed E-state index contributed by atoms with van der Waals surface area (Å²) in [5.74, 6) is -0.101. The Kier molecular flexibility index (Phi) is 5.05. The number of hydrogen-bond donors (Lipinski definition) is 2. The third-order valence-corrected chi connectivity index (χ3v) is 7.65. The van der Waals surface area contributed by atoms with Gasteiger partial charge in [-0.2, -0.15) is 11.3 Å². The number of carbonyl (C=O) groups excluding carboxylic acids is 1. The van der Waals surface area contributed by atoms with E-state index in [9.17, 15) is 18.5 Å². The van der Waals surface area contributed by atoms with Gasteiger partial charge in [0, 0.05) is 5.69 Å². The summed E-state index contributed by atoms with van der Waals surface area (Å²) in [6, 6.07) is 0.913. The molecule has 5 nitrogen and oxygen atoms in total. The van der Waals surface area contributed by atoms with Crippen LogP contribution in [-0.4, -0.2) is 11.1 Å². The molecule has 150 valence electrons. The maximum atomic E-state index is 14.7. The number of rotatable bonds is 3. The fraction of sp³-hybridized carbons (Fsp3) is 0.450. The predicted octanol–water partition coefficient (Wildman–Crippen LogP) is 4.83. The van der Waals surface area contributed by atoms with Gasteiger partial charge in [0.15, 0.2) is 0 Å². The van der Waals surface area contributed by atoms with Crippen LogP contribution in [0.3, 0.4) is 0 Å². The maximum Gasteiger partial charge on any atom is 0.322 e. The number of hydrogen-bond acceptors (Lipinski definition) is 5. The molecule has 8 heteroatoms. The molecule has 0 fully saturated rings. The monoisotopic (exact) mass is 421 g/mol. The lowest BCUT2D eigenvalue weighted by Crippen LogP contribution is -2.14. The number of benzene rings is 1. The molecular weight excluding hydrogens is 399 g/mol. The highest BCUT2D eigenvalue weighted by molar-refractivity contribution is 7.78. The molecule has 0 saturated carbocycles. The molecule has 0 unspecified atom stereocenters. The smallest absolute Gasteiger partial charge is 0.322 e. The highest BCUT2D eigenvalue weighted by Crippen LogP contribution is 2.41. The molecule has 2 aliphatic carbocycles. The Bertz CT molecular complexity index is 1010. The number of amides is 2. The largest absolute Gasteiger partial charge is 0.439 e. The molecule has 4 rings (SSSR count). The molecule has 0 aliphatic heterocycles. The van der Waals surface area contributed by atoms with E-state index in [1.807, 2.05) is 0 Å². The summed E-state index contributed by atoms with van der Waals surface area (Å²) in [5, 5.41) is 14.5. The molecule has 28 heavy (non-hydrogen) atoms. The van der Waals surface area contributed by atoms with Crippen molar-refractivity contribution in [2.75, 3.05) is 5.32 Å². The zero-order chi connectivity index (χ0) is 20.1. The van der Waals surface area contributed by atoms with Gasteiger partial charge in [-0.3, -0.25) is 0 Å². The van der Waals surface area contributed by atoms with E-state index in [0.717, 1.165) is 36.8 Å². The number of urea groups is 1. The molecule has 0 radical (unpaired) electrons. The highest BCUT2D eigenvalue weighted by Gasteiger charge is 2.29. The van der Waals surface area contributed by atoms with Crippen molar-refractivity contribution in [2.45, 2.75) is 62.2 Å². The topological polar surface area (TPSA) is 78.8 Å². The third kappa shape index (κ3) is 3.49. The Morgan fingerprint density at radius 1 is 1.18 bits per heavy atom. The quantitative estimate of drug-likeness (QED) is 0.697. The molecule has 0 atom stereocenters. The van der Waals surface area contributed by atoms with Crippen molar-refractivity contribution in [2.24, 2.45) is 4.36 Å². The molecule has 2 aliphatic rings. The van der Waals surface area contributed by atoms with E-state index >= 15 is 0 Å². The van der Waals surface area contributed by atoms with E-state index < -0.39 is 22.2 Å². The van der Waals surface area contributed by atoms with Crippen LogP contribution in [0.1, 0.15) is 54.5 Å². The van der Waals surface area contributed by atoms with E-state index in [1.165, 1.54) is 11.3 Å². The summed E-state index contributed by atoms with van der Waals surface area (Å²) < 4.78 is 31.4. The van der Waals surface area contributed by atoms with Crippen LogP contribution >= 0.6 is 11.3 Å². The lowest BCUT2D eigenvalue weighted by molar-refractivity contribution is 0.0789. The van der Waals surface area contributed by atoms with Crippen LogP contribution in [0.5, 0.6) is 0 Å². The number of aliphatic hydroxyl groups is 1. The van der Waals surface area contributed by atoms with Gasteiger partial charge in [-0.15, -0.1) is 10.6 Å². The lowest BCUT2D eigenvalue weighted by Gasteiger charge is -2.17. The summed E-state index contributed by atoms with van der Waals surface area (Å²) in [6.45, 7) is 3.28. The molecule has 1 aromatic carbocycles. The van der Waals surface area contributed by atoms with Crippen molar-refractivity contribution in [3.8, 4) is 0 Å². The second-order valence-corrected chi connectivity index (χ2v) is 10.1. The average molecular weight is 422 g/mol. The number of fused-ring (bicyclic) bond motifs is 2. The first-order valence-electron chi connectivity index (χ1n) is 9.36. The zero-order valence-electron chi connectivity index (χ0n) is 15.8. The summed E-state index contributed by atoms with van der Waals surface area (Å²) in [5.41, 5.74) is 3.42. The fourth-order valence-electron chi connectivity index (χ4n) is 4.02. The molecule has 2 N–H and O–H groups in total. The van der Waals surface area contributed by atoms with E-state index in [1.54, 1.807) is 25.3 Å². The minimum atomic E-state index is -1.86. The Hall–Kier alpha value is -1.77. The van der Waals surface area contributed by atoms with Crippen molar-refractivity contribution in [3.05, 3.63) is 45.1 Å². The van der Waals surface area contributed by atoms with Crippen molar-refractivity contribution >= 4 is 33.7 Å². The Balaban J connectivity index is 1.62. The van der Waals surface area contributed by atoms with Crippen LogP contribution in [0.2, 0.25) is 0 Å². The van der Waals surface area contributed by atoms with E-state index in [2.05, 4.69) is 9.68 Å². The SMILES string of the molecule is CC(C)(O)c1csc([S-](=O)=NC(=O)Nc2c3c(c(F)c4c2CCC4)CCC3)c1. The second-order valence-electron chi connectivity index (χ2n) is 7.79. The van der Waals surface area contributed by atoms with Crippen molar-refractivity contribution in [3.63, 3.8) is 0 Å². The molecule has 2 aromatic rings. The number of thiophene rings is 1. The number of halogens is 1. The van der Waals surface area contributed by atoms with Gasteiger partial charge in [-0.05, 0) is 89.8 Å². The summed E-state index contributed by atoms with van der Waals surface area (Å²) in [6.07, 6.45) is 4.59. The van der Waals surface area contributed by atoms with Crippen LogP contribution in [-0.2, 0) is 46.1 Å². The van der Waals surface area contributed by atoms with Gasteiger partial charge < -0.3 is 19.0 Å². The first-order chi connectivity index (χ1) is 13.3. The fourth-order valence-corrected chi connectivity index (χ4v) is 5.91. The van der Waals surface area contributed by atoms with Gasteiger partial charge >= 0.3 is 6.03 Å². The molecule has 0 spiro atoms. The van der Waals surface area contributed by atoms with Crippen LogP contribution in [0.15, 0.2) is 20.0 Å². The minimum Gasteiger partial charge on any atom is -0.439 e. The van der Waals surface area contributed by atoms with Crippen LogP contribution in [0.4, 0.5) is 14.9 Å². The standard InChI is InChI=1S/C20H22FN2O3S2/c1-20(2,25)11-9-16(27-10-11)28(26)23-19(24)22-18-14-7-3-5-12(14)17(21)13-6-4-8-15(13)18/h9-10,25H,3-8H2,1-2H3,(H,22,24)/q-1. The van der Waals surface area contributed by atoms with Crippen molar-refractivity contribution < 1.29 is 18.5 Å². The average Bonchev–Trinajstić information content (AvgIpc) is 3.38. The first kappa shape index (κ1) is 19.5. The van der Waals surface area contributed by atoms with E-state index in [4.69, 9.17) is 0 Å². The highest BCUT2D eigenvalue weighted by atomic mass is 32.2. The second kappa shape index (κ2) is 7.24. The predicted molar refractivity (Wildman–Crippen MR) is 108 cm³/mol. The Morgan fingerprint density at radius 2 is 1.75 bits per heavy atom. The van der Waals surface area contributed by atoms with E-state index in [-0.39, 0.29) is 5.82 Å². The van der Waals surface area contributed by atoms with Gasteiger partial charge in [0.25, 0.3) is 0 Å². The van der Waals surface area contributed by atoms with Gasteiger partial charge in [0.05, 0.1) is 5.60 Å². The van der Waals surface area contributed by atoms with Crippen molar-refractivity contribution in [1.82, 2.24) is 0 Å². The van der Waals surface area contributed by atoms with Crippen molar-refractivity contribution in [1.29, 1.82) is 0 Å². The minimum absolute atomic E-state index is 0.101. The number of nitrogens with zero attached hydrogens (tertiary/aromatic N) is 1. The molecule has 2 amide bonds. The first-order valence-corrected chi connectivity index (χ1v) is 11.4.